The predicted molar refractivity (Wildman–Crippen MR) is 59.8 cm³/mol. The number of nitrogens with zero attached hydrogens (tertiary/aromatic N) is 1. The number of anilines is 1. The van der Waals surface area contributed by atoms with E-state index in [0.29, 0.717) is 18.9 Å². The Morgan fingerprint density at radius 1 is 0.944 bits per heavy atom. The van der Waals surface area contributed by atoms with Crippen molar-refractivity contribution in [1.29, 1.82) is 0 Å². The molecular weight excluding hydrogens is 243 g/mol. The van der Waals surface area contributed by atoms with Crippen molar-refractivity contribution in [3.8, 4) is 0 Å². The van der Waals surface area contributed by atoms with Crippen molar-refractivity contribution in [3.63, 3.8) is 0 Å². The van der Waals surface area contributed by atoms with Crippen molar-refractivity contribution in [2.24, 2.45) is 0 Å². The Kier molecular flexibility index (Phi) is 2.57. The summed E-state index contributed by atoms with van der Waals surface area (Å²) in [5, 5.41) is 0. The zero-order chi connectivity index (χ0) is 12.9. The molecule has 0 radical (unpaired) electrons. The fraction of sp³-hybridized carbons (Fsp3) is 0.462. The average molecular weight is 255 g/mol. The Labute approximate surface area is 102 Å². The second-order valence-corrected chi connectivity index (χ2v) is 4.96. The van der Waals surface area contributed by atoms with E-state index < -0.39 is 17.5 Å². The molecule has 1 aromatic carbocycles. The molecule has 2 atom stereocenters. The summed E-state index contributed by atoms with van der Waals surface area (Å²) in [6.07, 6.45) is 2.34. The highest BCUT2D eigenvalue weighted by Crippen LogP contribution is 2.39. The third-order valence-corrected chi connectivity index (χ3v) is 3.81. The minimum absolute atomic E-state index is 0.0735. The number of ketones is 1. The summed E-state index contributed by atoms with van der Waals surface area (Å²) in [5.74, 6) is -2.83. The molecule has 3 rings (SSSR count). The van der Waals surface area contributed by atoms with Crippen LogP contribution in [0.3, 0.4) is 0 Å². The number of hydrogen-bond acceptors (Lipinski definition) is 2. The molecule has 2 saturated heterocycles. The van der Waals surface area contributed by atoms with Gasteiger partial charge in [0.05, 0.1) is 5.69 Å². The zero-order valence-corrected chi connectivity index (χ0v) is 9.63. The number of Topliss-reactive ketones (excluding diaryl/α,β-unsaturated/α-hetero) is 1. The van der Waals surface area contributed by atoms with Crippen molar-refractivity contribution < 1.29 is 18.0 Å². The van der Waals surface area contributed by atoms with Gasteiger partial charge in [-0.05, 0) is 12.8 Å². The maximum absolute atomic E-state index is 13.8. The van der Waals surface area contributed by atoms with E-state index in [9.17, 15) is 18.0 Å². The highest BCUT2D eigenvalue weighted by Gasteiger charge is 2.41. The van der Waals surface area contributed by atoms with Crippen LogP contribution in [0.25, 0.3) is 0 Å². The van der Waals surface area contributed by atoms with Crippen LogP contribution in [-0.2, 0) is 4.79 Å². The van der Waals surface area contributed by atoms with Crippen LogP contribution < -0.4 is 4.90 Å². The predicted octanol–water partition coefficient (Wildman–Crippen LogP) is 2.80. The molecule has 0 saturated carbocycles. The summed E-state index contributed by atoms with van der Waals surface area (Å²) in [5.41, 5.74) is 0.0777. The average Bonchev–Trinajstić information content (AvgIpc) is 2.56. The Hall–Kier alpha value is -1.52. The first kappa shape index (κ1) is 11.6. The largest absolute Gasteiger partial charge is 0.362 e. The molecule has 5 heteroatoms. The normalized spacial score (nSPS) is 26.8. The smallest absolute Gasteiger partial charge is 0.161 e. The molecule has 2 fully saturated rings. The van der Waals surface area contributed by atoms with Crippen LogP contribution in [-0.4, -0.2) is 17.9 Å². The van der Waals surface area contributed by atoms with Crippen molar-refractivity contribution >= 4 is 11.5 Å². The number of carbonyl (C=O) groups is 1. The van der Waals surface area contributed by atoms with Gasteiger partial charge in [0, 0.05) is 37.1 Å². The Morgan fingerprint density at radius 2 is 1.50 bits per heavy atom. The quantitative estimate of drug-likeness (QED) is 0.719. The van der Waals surface area contributed by atoms with E-state index in [2.05, 4.69) is 0 Å². The van der Waals surface area contributed by atoms with Crippen molar-refractivity contribution in [2.75, 3.05) is 4.90 Å². The van der Waals surface area contributed by atoms with Gasteiger partial charge in [0.1, 0.15) is 11.6 Å². The van der Waals surface area contributed by atoms with Gasteiger partial charge in [-0.2, -0.15) is 0 Å². The minimum atomic E-state index is -1.18. The third kappa shape index (κ3) is 1.69. The highest BCUT2D eigenvalue weighted by atomic mass is 19.2. The van der Waals surface area contributed by atoms with E-state index in [1.807, 2.05) is 0 Å². The Morgan fingerprint density at radius 3 is 2.11 bits per heavy atom. The number of halogens is 3. The second kappa shape index (κ2) is 4.00. The van der Waals surface area contributed by atoms with Gasteiger partial charge in [-0.3, -0.25) is 4.79 Å². The number of carbonyl (C=O) groups excluding carboxylic acids is 1. The molecule has 0 aromatic heterocycles. The van der Waals surface area contributed by atoms with Gasteiger partial charge in [-0.1, -0.05) is 0 Å². The lowest BCUT2D eigenvalue weighted by Crippen LogP contribution is -2.43. The van der Waals surface area contributed by atoms with Crippen LogP contribution in [0.1, 0.15) is 25.7 Å². The molecule has 0 amide bonds. The minimum Gasteiger partial charge on any atom is -0.362 e. The number of benzene rings is 1. The number of rotatable bonds is 1. The molecule has 0 spiro atoms. The highest BCUT2D eigenvalue weighted by molar-refractivity contribution is 5.83. The first-order valence-electron chi connectivity index (χ1n) is 6.01. The second-order valence-electron chi connectivity index (χ2n) is 4.96. The maximum Gasteiger partial charge on any atom is 0.161 e. The number of piperidine rings is 1. The monoisotopic (exact) mass is 255 g/mol. The van der Waals surface area contributed by atoms with Crippen LogP contribution in [0.5, 0.6) is 0 Å². The van der Waals surface area contributed by atoms with E-state index in [0.717, 1.165) is 18.9 Å². The zero-order valence-electron chi connectivity index (χ0n) is 9.63. The van der Waals surface area contributed by atoms with Crippen molar-refractivity contribution in [3.05, 3.63) is 29.6 Å². The summed E-state index contributed by atoms with van der Waals surface area (Å²) in [4.78, 5) is 13.2. The van der Waals surface area contributed by atoms with Gasteiger partial charge >= 0.3 is 0 Å². The standard InChI is InChI=1S/C13H12F3NO/c14-10-5-12(16)13(6-11(10)15)17-7-1-2-8(17)4-9(18)3-7/h5-8H,1-4H2. The van der Waals surface area contributed by atoms with E-state index in [-0.39, 0.29) is 23.6 Å². The van der Waals surface area contributed by atoms with E-state index in [4.69, 9.17) is 0 Å². The fourth-order valence-corrected chi connectivity index (χ4v) is 3.07. The van der Waals surface area contributed by atoms with Gasteiger partial charge in [-0.25, -0.2) is 13.2 Å². The lowest BCUT2D eigenvalue weighted by atomic mass is 10.0. The molecule has 18 heavy (non-hydrogen) atoms. The van der Waals surface area contributed by atoms with Crippen LogP contribution in [0.4, 0.5) is 18.9 Å². The van der Waals surface area contributed by atoms with Gasteiger partial charge in [0.2, 0.25) is 0 Å². The number of hydrogen-bond donors (Lipinski definition) is 0. The summed E-state index contributed by atoms with van der Waals surface area (Å²) in [6, 6.07) is 1.32. The van der Waals surface area contributed by atoms with Gasteiger partial charge in [-0.15, -0.1) is 0 Å². The van der Waals surface area contributed by atoms with E-state index >= 15 is 0 Å². The van der Waals surface area contributed by atoms with E-state index in [1.165, 1.54) is 0 Å². The summed E-state index contributed by atoms with van der Waals surface area (Å²) >= 11 is 0. The van der Waals surface area contributed by atoms with Gasteiger partial charge < -0.3 is 4.90 Å². The number of fused-ring (bicyclic) bond motifs is 2. The molecule has 2 unspecified atom stereocenters. The SMILES string of the molecule is O=C1CC2CCC(C1)N2c1cc(F)c(F)cc1F. The molecular formula is C13H12F3NO. The van der Waals surface area contributed by atoms with Gasteiger partial charge in [0.15, 0.2) is 11.6 Å². The summed E-state index contributed by atoms with van der Waals surface area (Å²) in [6.45, 7) is 0. The van der Waals surface area contributed by atoms with E-state index in [1.54, 1.807) is 4.90 Å². The first-order chi connectivity index (χ1) is 8.56. The molecule has 2 aliphatic heterocycles. The van der Waals surface area contributed by atoms with Crippen LogP contribution in [0.2, 0.25) is 0 Å². The summed E-state index contributed by atoms with van der Waals surface area (Å²) in [7, 11) is 0. The molecule has 2 aliphatic rings. The summed E-state index contributed by atoms with van der Waals surface area (Å²) < 4.78 is 39.9. The molecule has 1 aromatic rings. The molecule has 2 heterocycles. The molecule has 0 N–H and O–H groups in total. The topological polar surface area (TPSA) is 20.3 Å². The lowest BCUT2D eigenvalue weighted by Gasteiger charge is -2.36. The molecule has 0 aliphatic carbocycles. The third-order valence-electron chi connectivity index (χ3n) is 3.81. The first-order valence-corrected chi connectivity index (χ1v) is 6.01. The van der Waals surface area contributed by atoms with Crippen molar-refractivity contribution in [1.82, 2.24) is 0 Å². The Balaban J connectivity index is 2.01. The molecule has 2 bridgehead atoms. The Bertz CT molecular complexity index is 501. The van der Waals surface area contributed by atoms with Crippen LogP contribution >= 0.6 is 0 Å². The lowest BCUT2D eigenvalue weighted by molar-refractivity contribution is -0.120. The molecule has 96 valence electrons. The van der Waals surface area contributed by atoms with Gasteiger partial charge in [0.25, 0.3) is 0 Å². The molecule has 2 nitrogen and oxygen atoms in total. The van der Waals surface area contributed by atoms with Crippen molar-refractivity contribution in [2.45, 2.75) is 37.8 Å². The van der Waals surface area contributed by atoms with Crippen LogP contribution in [0.15, 0.2) is 12.1 Å². The maximum atomic E-state index is 13.8. The van der Waals surface area contributed by atoms with Crippen LogP contribution in [0, 0.1) is 17.5 Å². The fourth-order valence-electron chi connectivity index (χ4n) is 3.07.